The second-order valence-electron chi connectivity index (χ2n) is 6.22. The van der Waals surface area contributed by atoms with E-state index in [1.165, 1.54) is 0 Å². The molecule has 0 spiro atoms. The van der Waals surface area contributed by atoms with E-state index in [1.54, 1.807) is 15.8 Å². The quantitative estimate of drug-likeness (QED) is 0.922. The summed E-state index contributed by atoms with van der Waals surface area (Å²) in [7, 11) is 1.86. The molecule has 0 radical (unpaired) electrons. The number of carbonyl (C=O) groups excluding carboxylic acids is 2. The van der Waals surface area contributed by atoms with E-state index in [0.717, 1.165) is 16.7 Å². The molecule has 1 aliphatic rings. The molecule has 3 rings (SSSR count). The molecule has 2 heterocycles. The van der Waals surface area contributed by atoms with Crippen molar-refractivity contribution in [1.29, 1.82) is 0 Å². The van der Waals surface area contributed by atoms with Gasteiger partial charge in [0.1, 0.15) is 6.04 Å². The third-order valence-corrected chi connectivity index (χ3v) is 4.28. The fraction of sp³-hybridized carbons (Fsp3) is 0.389. The first-order chi connectivity index (χ1) is 11.5. The molecule has 1 fully saturated rings. The van der Waals surface area contributed by atoms with Crippen LogP contribution in [0.2, 0.25) is 0 Å². The molecule has 1 atom stereocenters. The van der Waals surface area contributed by atoms with Crippen LogP contribution in [0.5, 0.6) is 0 Å². The third kappa shape index (κ3) is 3.48. The maximum absolute atomic E-state index is 12.7. The van der Waals surface area contributed by atoms with E-state index in [0.29, 0.717) is 25.9 Å². The number of amides is 2. The first kappa shape index (κ1) is 16.2. The van der Waals surface area contributed by atoms with Gasteiger partial charge in [-0.1, -0.05) is 29.8 Å². The van der Waals surface area contributed by atoms with Crippen molar-refractivity contribution < 1.29 is 9.59 Å². The van der Waals surface area contributed by atoms with Gasteiger partial charge >= 0.3 is 0 Å². The first-order valence-electron chi connectivity index (χ1n) is 8.16. The Morgan fingerprint density at radius 3 is 2.96 bits per heavy atom. The summed E-state index contributed by atoms with van der Waals surface area (Å²) in [6, 6.07) is 7.24. The molecule has 0 saturated carbocycles. The van der Waals surface area contributed by atoms with Crippen LogP contribution in [-0.4, -0.2) is 39.6 Å². The van der Waals surface area contributed by atoms with Gasteiger partial charge in [0, 0.05) is 32.8 Å². The Kier molecular flexibility index (Phi) is 4.64. The predicted octanol–water partition coefficient (Wildman–Crippen LogP) is 1.36. The minimum absolute atomic E-state index is 0.000194. The van der Waals surface area contributed by atoms with E-state index in [9.17, 15) is 9.59 Å². The molecule has 1 aromatic carbocycles. The van der Waals surface area contributed by atoms with Crippen molar-refractivity contribution in [3.8, 4) is 0 Å². The Bertz CT molecular complexity index is 753. The van der Waals surface area contributed by atoms with Gasteiger partial charge in [0.25, 0.3) is 0 Å². The van der Waals surface area contributed by atoms with Gasteiger partial charge in [-0.05, 0) is 24.5 Å². The Morgan fingerprint density at radius 1 is 1.42 bits per heavy atom. The monoisotopic (exact) mass is 326 g/mol. The molecule has 6 nitrogen and oxygen atoms in total. The van der Waals surface area contributed by atoms with E-state index in [1.807, 2.05) is 44.4 Å². The van der Waals surface area contributed by atoms with E-state index < -0.39 is 6.04 Å². The number of rotatable bonds is 4. The number of carbonyl (C=O) groups is 2. The van der Waals surface area contributed by atoms with Crippen molar-refractivity contribution in [2.75, 3.05) is 13.1 Å². The van der Waals surface area contributed by atoms with Crippen LogP contribution in [0.15, 0.2) is 36.7 Å². The summed E-state index contributed by atoms with van der Waals surface area (Å²) >= 11 is 0. The number of hydrogen-bond acceptors (Lipinski definition) is 3. The highest BCUT2D eigenvalue weighted by Crippen LogP contribution is 2.25. The predicted molar refractivity (Wildman–Crippen MR) is 90.2 cm³/mol. The number of aromatic nitrogens is 2. The lowest BCUT2D eigenvalue weighted by Crippen LogP contribution is -2.52. The van der Waals surface area contributed by atoms with Crippen molar-refractivity contribution in [1.82, 2.24) is 20.0 Å². The molecular formula is C18H22N4O2. The molecule has 126 valence electrons. The SMILES string of the molecule is Cc1cccc(C2C(=O)NCCN2C(=O)CCc2cnn(C)c2)c1. The van der Waals surface area contributed by atoms with Crippen molar-refractivity contribution in [3.05, 3.63) is 53.3 Å². The largest absolute Gasteiger partial charge is 0.352 e. The zero-order chi connectivity index (χ0) is 17.1. The van der Waals surface area contributed by atoms with Gasteiger partial charge in [0.05, 0.1) is 6.20 Å². The zero-order valence-electron chi connectivity index (χ0n) is 14.0. The summed E-state index contributed by atoms with van der Waals surface area (Å²) in [6.07, 6.45) is 4.69. The van der Waals surface area contributed by atoms with E-state index >= 15 is 0 Å². The van der Waals surface area contributed by atoms with Crippen LogP contribution in [0.4, 0.5) is 0 Å². The van der Waals surface area contributed by atoms with Crippen molar-refractivity contribution in [2.24, 2.45) is 7.05 Å². The topological polar surface area (TPSA) is 67.2 Å². The number of piperazine rings is 1. The standard InChI is InChI=1S/C18H22N4O2/c1-13-4-3-5-15(10-13)17-18(24)19-8-9-22(17)16(23)7-6-14-11-20-21(2)12-14/h3-5,10-12,17H,6-9H2,1-2H3,(H,19,24). The van der Waals surface area contributed by atoms with Crippen LogP contribution in [0.1, 0.15) is 29.2 Å². The highest BCUT2D eigenvalue weighted by Gasteiger charge is 2.33. The molecule has 0 aliphatic carbocycles. The molecular weight excluding hydrogens is 304 g/mol. The lowest BCUT2D eigenvalue weighted by molar-refractivity contribution is -0.143. The molecule has 1 N–H and O–H groups in total. The summed E-state index contributed by atoms with van der Waals surface area (Å²) in [4.78, 5) is 26.8. The van der Waals surface area contributed by atoms with Crippen molar-refractivity contribution in [2.45, 2.75) is 25.8 Å². The summed E-state index contributed by atoms with van der Waals surface area (Å²) in [5.41, 5.74) is 2.97. The van der Waals surface area contributed by atoms with Gasteiger partial charge < -0.3 is 10.2 Å². The second kappa shape index (κ2) is 6.86. The molecule has 0 bridgehead atoms. The van der Waals surface area contributed by atoms with Crippen molar-refractivity contribution in [3.63, 3.8) is 0 Å². The minimum atomic E-state index is -0.542. The van der Waals surface area contributed by atoms with E-state index in [2.05, 4.69) is 10.4 Å². The number of nitrogens with zero attached hydrogens (tertiary/aromatic N) is 3. The molecule has 1 saturated heterocycles. The number of aryl methyl sites for hydroxylation is 3. The fourth-order valence-electron chi connectivity index (χ4n) is 3.10. The van der Waals surface area contributed by atoms with Gasteiger partial charge in [-0.25, -0.2) is 0 Å². The van der Waals surface area contributed by atoms with Gasteiger partial charge in [-0.2, -0.15) is 5.10 Å². The number of nitrogens with one attached hydrogen (secondary N) is 1. The molecule has 6 heteroatoms. The normalized spacial score (nSPS) is 17.7. The summed E-state index contributed by atoms with van der Waals surface area (Å²) < 4.78 is 1.73. The lowest BCUT2D eigenvalue weighted by Gasteiger charge is -2.35. The summed E-state index contributed by atoms with van der Waals surface area (Å²) in [5.74, 6) is -0.109. The Hall–Kier alpha value is -2.63. The highest BCUT2D eigenvalue weighted by molar-refractivity contribution is 5.89. The van der Waals surface area contributed by atoms with Crippen molar-refractivity contribution >= 4 is 11.8 Å². The fourth-order valence-corrected chi connectivity index (χ4v) is 3.10. The number of hydrogen-bond donors (Lipinski definition) is 1. The maximum atomic E-state index is 12.7. The molecule has 2 aromatic rings. The summed E-state index contributed by atoms with van der Waals surface area (Å²) in [6.45, 7) is 3.02. The van der Waals surface area contributed by atoms with E-state index in [4.69, 9.17) is 0 Å². The van der Waals surface area contributed by atoms with Crippen LogP contribution >= 0.6 is 0 Å². The molecule has 2 amide bonds. The van der Waals surface area contributed by atoms with Gasteiger partial charge in [0.15, 0.2) is 0 Å². The van der Waals surface area contributed by atoms with E-state index in [-0.39, 0.29) is 11.8 Å². The van der Waals surface area contributed by atoms with Crippen LogP contribution < -0.4 is 5.32 Å². The third-order valence-electron chi connectivity index (χ3n) is 4.28. The Balaban J connectivity index is 1.75. The smallest absolute Gasteiger partial charge is 0.247 e. The minimum Gasteiger partial charge on any atom is -0.352 e. The Morgan fingerprint density at radius 2 is 2.25 bits per heavy atom. The van der Waals surface area contributed by atoms with Gasteiger partial charge in [-0.15, -0.1) is 0 Å². The van der Waals surface area contributed by atoms with Crippen LogP contribution in [0.25, 0.3) is 0 Å². The van der Waals surface area contributed by atoms with Crippen LogP contribution in [-0.2, 0) is 23.1 Å². The second-order valence-corrected chi connectivity index (χ2v) is 6.22. The first-order valence-corrected chi connectivity index (χ1v) is 8.16. The lowest BCUT2D eigenvalue weighted by atomic mass is 9.99. The zero-order valence-corrected chi connectivity index (χ0v) is 14.0. The summed E-state index contributed by atoms with van der Waals surface area (Å²) in [5, 5.41) is 6.98. The average Bonchev–Trinajstić information content (AvgIpc) is 2.98. The van der Waals surface area contributed by atoms with Crippen LogP contribution in [0, 0.1) is 6.92 Å². The maximum Gasteiger partial charge on any atom is 0.247 e. The van der Waals surface area contributed by atoms with Crippen LogP contribution in [0.3, 0.4) is 0 Å². The molecule has 24 heavy (non-hydrogen) atoms. The highest BCUT2D eigenvalue weighted by atomic mass is 16.2. The van der Waals surface area contributed by atoms with Gasteiger partial charge in [0.2, 0.25) is 11.8 Å². The number of benzene rings is 1. The molecule has 1 aliphatic heterocycles. The average molecular weight is 326 g/mol. The Labute approximate surface area is 141 Å². The van der Waals surface area contributed by atoms with Gasteiger partial charge in [-0.3, -0.25) is 14.3 Å². The molecule has 1 aromatic heterocycles. The molecule has 1 unspecified atom stereocenters.